The van der Waals surface area contributed by atoms with Gasteiger partial charge in [-0.3, -0.25) is 9.21 Å². The van der Waals surface area contributed by atoms with Crippen molar-refractivity contribution in [1.29, 1.82) is 0 Å². The van der Waals surface area contributed by atoms with Crippen LogP contribution in [0.15, 0.2) is 0 Å². The van der Waals surface area contributed by atoms with Crippen LogP contribution >= 0.6 is 12.8 Å². The Morgan fingerprint density at radius 3 is 2.00 bits per heavy atom. The average molecular weight is 200 g/mol. The standard InChI is InChI=1S/C6H11F3N2S/c7-6(8,9)5-10-1-3-11(12)4-2-10/h12H,1-5H2. The number of piperazine rings is 1. The third-order valence-corrected chi connectivity index (χ3v) is 2.15. The fourth-order valence-corrected chi connectivity index (χ4v) is 1.33. The molecule has 1 fully saturated rings. The summed E-state index contributed by atoms with van der Waals surface area (Å²) in [6.07, 6.45) is -4.07. The van der Waals surface area contributed by atoms with Crippen LogP contribution in [0.2, 0.25) is 0 Å². The molecule has 0 aromatic rings. The Morgan fingerprint density at radius 2 is 1.58 bits per heavy atom. The molecule has 0 radical (unpaired) electrons. The fraction of sp³-hybridized carbons (Fsp3) is 1.00. The maximum Gasteiger partial charge on any atom is 0.401 e. The van der Waals surface area contributed by atoms with Crippen LogP contribution in [0.3, 0.4) is 0 Å². The Labute approximate surface area is 74.9 Å². The van der Waals surface area contributed by atoms with E-state index in [1.807, 2.05) is 0 Å². The predicted octanol–water partition coefficient (Wildman–Crippen LogP) is 1.01. The van der Waals surface area contributed by atoms with Gasteiger partial charge in [0, 0.05) is 26.2 Å². The van der Waals surface area contributed by atoms with Crippen LogP contribution in [-0.4, -0.2) is 48.1 Å². The first kappa shape index (κ1) is 10.1. The van der Waals surface area contributed by atoms with Crippen molar-refractivity contribution in [3.63, 3.8) is 0 Å². The molecular formula is C6H11F3N2S. The second-order valence-electron chi connectivity index (χ2n) is 2.84. The average Bonchev–Trinajstić information content (AvgIpc) is 1.91. The van der Waals surface area contributed by atoms with E-state index in [2.05, 4.69) is 12.8 Å². The lowest BCUT2D eigenvalue weighted by Crippen LogP contribution is -2.46. The molecule has 1 rings (SSSR count). The first-order valence-electron chi connectivity index (χ1n) is 3.70. The fourth-order valence-electron chi connectivity index (χ4n) is 1.15. The molecule has 0 atom stereocenters. The minimum Gasteiger partial charge on any atom is -0.292 e. The van der Waals surface area contributed by atoms with Crippen molar-refractivity contribution in [2.24, 2.45) is 0 Å². The molecule has 0 amide bonds. The maximum atomic E-state index is 11.9. The Hall–Kier alpha value is 0.0600. The van der Waals surface area contributed by atoms with Gasteiger partial charge in [0.05, 0.1) is 6.54 Å². The molecule has 0 aliphatic carbocycles. The maximum absolute atomic E-state index is 11.9. The highest BCUT2D eigenvalue weighted by molar-refractivity contribution is 7.77. The quantitative estimate of drug-likeness (QED) is 0.631. The van der Waals surface area contributed by atoms with Crippen molar-refractivity contribution in [2.75, 3.05) is 32.7 Å². The number of rotatable bonds is 1. The number of thiol groups is 1. The number of alkyl halides is 3. The summed E-state index contributed by atoms with van der Waals surface area (Å²) in [5.41, 5.74) is 0. The SMILES string of the molecule is FC(F)(F)CN1CCN(S)CC1. The second kappa shape index (κ2) is 3.85. The monoisotopic (exact) mass is 200 g/mol. The van der Waals surface area contributed by atoms with E-state index in [0.29, 0.717) is 26.2 Å². The third kappa shape index (κ3) is 3.64. The first-order chi connectivity index (χ1) is 5.47. The van der Waals surface area contributed by atoms with Gasteiger partial charge in [-0.2, -0.15) is 13.2 Å². The van der Waals surface area contributed by atoms with Gasteiger partial charge in [0.25, 0.3) is 0 Å². The Kier molecular flexibility index (Phi) is 3.25. The van der Waals surface area contributed by atoms with E-state index in [9.17, 15) is 13.2 Å². The van der Waals surface area contributed by atoms with E-state index in [0.717, 1.165) is 0 Å². The van der Waals surface area contributed by atoms with E-state index in [1.54, 1.807) is 4.31 Å². The van der Waals surface area contributed by atoms with Crippen LogP contribution in [-0.2, 0) is 0 Å². The molecule has 1 saturated heterocycles. The van der Waals surface area contributed by atoms with Crippen LogP contribution in [0.1, 0.15) is 0 Å². The zero-order valence-corrected chi connectivity index (χ0v) is 7.41. The smallest absolute Gasteiger partial charge is 0.292 e. The Morgan fingerprint density at radius 1 is 1.08 bits per heavy atom. The van der Waals surface area contributed by atoms with Gasteiger partial charge in [0.1, 0.15) is 0 Å². The lowest BCUT2D eigenvalue weighted by molar-refractivity contribution is -0.147. The zero-order chi connectivity index (χ0) is 9.19. The van der Waals surface area contributed by atoms with E-state index in [1.165, 1.54) is 4.90 Å². The van der Waals surface area contributed by atoms with E-state index in [4.69, 9.17) is 0 Å². The molecule has 0 N–H and O–H groups in total. The molecule has 0 saturated carbocycles. The summed E-state index contributed by atoms with van der Waals surface area (Å²) in [6, 6.07) is 0. The van der Waals surface area contributed by atoms with Crippen molar-refractivity contribution in [3.8, 4) is 0 Å². The van der Waals surface area contributed by atoms with Crippen molar-refractivity contribution >= 4 is 12.8 Å². The predicted molar refractivity (Wildman–Crippen MR) is 43.1 cm³/mol. The topological polar surface area (TPSA) is 6.48 Å². The van der Waals surface area contributed by atoms with Crippen LogP contribution in [0.4, 0.5) is 13.2 Å². The number of halogens is 3. The second-order valence-corrected chi connectivity index (χ2v) is 3.41. The van der Waals surface area contributed by atoms with Gasteiger partial charge >= 0.3 is 6.18 Å². The molecule has 72 valence electrons. The lowest BCUT2D eigenvalue weighted by Gasteiger charge is -2.31. The summed E-state index contributed by atoms with van der Waals surface area (Å²) in [5.74, 6) is 0. The summed E-state index contributed by atoms with van der Waals surface area (Å²) in [6.45, 7) is 1.29. The molecule has 0 aromatic carbocycles. The number of nitrogens with zero attached hydrogens (tertiary/aromatic N) is 2. The van der Waals surface area contributed by atoms with Crippen LogP contribution < -0.4 is 0 Å². The Bertz CT molecular complexity index is 142. The normalized spacial score (nSPS) is 23.0. The highest BCUT2D eigenvalue weighted by atomic mass is 32.1. The summed E-state index contributed by atoms with van der Waals surface area (Å²) in [7, 11) is 0. The molecule has 1 heterocycles. The highest BCUT2D eigenvalue weighted by Crippen LogP contribution is 2.17. The van der Waals surface area contributed by atoms with Gasteiger partial charge in [-0.25, -0.2) is 0 Å². The minimum atomic E-state index is -4.07. The van der Waals surface area contributed by atoms with Crippen molar-refractivity contribution in [3.05, 3.63) is 0 Å². The van der Waals surface area contributed by atoms with Crippen molar-refractivity contribution in [1.82, 2.24) is 9.21 Å². The Balaban J connectivity index is 2.26. The molecule has 0 unspecified atom stereocenters. The van der Waals surface area contributed by atoms with Gasteiger partial charge < -0.3 is 0 Å². The van der Waals surface area contributed by atoms with Gasteiger partial charge in [-0.1, -0.05) is 12.8 Å². The van der Waals surface area contributed by atoms with E-state index >= 15 is 0 Å². The third-order valence-electron chi connectivity index (χ3n) is 1.75. The molecule has 12 heavy (non-hydrogen) atoms. The molecule has 0 aromatic heterocycles. The van der Waals surface area contributed by atoms with E-state index in [-0.39, 0.29) is 0 Å². The summed E-state index contributed by atoms with van der Waals surface area (Å²) in [4.78, 5) is 1.40. The molecule has 2 nitrogen and oxygen atoms in total. The molecular weight excluding hydrogens is 189 g/mol. The van der Waals surface area contributed by atoms with Crippen LogP contribution in [0, 0.1) is 0 Å². The number of hydrogen-bond acceptors (Lipinski definition) is 3. The van der Waals surface area contributed by atoms with Gasteiger partial charge in [0.15, 0.2) is 0 Å². The van der Waals surface area contributed by atoms with Crippen LogP contribution in [0.5, 0.6) is 0 Å². The summed E-state index contributed by atoms with van der Waals surface area (Å²) in [5, 5.41) is 0. The van der Waals surface area contributed by atoms with Gasteiger partial charge in [0.2, 0.25) is 0 Å². The van der Waals surface area contributed by atoms with Crippen molar-refractivity contribution in [2.45, 2.75) is 6.18 Å². The lowest BCUT2D eigenvalue weighted by atomic mass is 10.3. The molecule has 0 bridgehead atoms. The minimum absolute atomic E-state index is 0.447. The highest BCUT2D eigenvalue weighted by Gasteiger charge is 2.31. The molecule has 1 aliphatic rings. The molecule has 1 aliphatic heterocycles. The first-order valence-corrected chi connectivity index (χ1v) is 4.10. The molecule has 6 heteroatoms. The molecule has 0 spiro atoms. The van der Waals surface area contributed by atoms with E-state index < -0.39 is 12.7 Å². The summed E-state index contributed by atoms with van der Waals surface area (Å²) >= 11 is 4.04. The largest absolute Gasteiger partial charge is 0.401 e. The summed E-state index contributed by atoms with van der Waals surface area (Å²) < 4.78 is 37.3. The van der Waals surface area contributed by atoms with Crippen LogP contribution in [0.25, 0.3) is 0 Å². The van der Waals surface area contributed by atoms with Crippen molar-refractivity contribution < 1.29 is 13.2 Å². The van der Waals surface area contributed by atoms with Gasteiger partial charge in [-0.15, -0.1) is 0 Å². The van der Waals surface area contributed by atoms with Gasteiger partial charge in [-0.05, 0) is 0 Å². The number of hydrogen-bond donors (Lipinski definition) is 1. The zero-order valence-electron chi connectivity index (χ0n) is 6.51.